The summed E-state index contributed by atoms with van der Waals surface area (Å²) in [4.78, 5) is 15.3. The van der Waals surface area contributed by atoms with Crippen LogP contribution in [0.1, 0.15) is 48.2 Å². The molecule has 2 fully saturated rings. The van der Waals surface area contributed by atoms with Crippen LogP contribution in [0.15, 0.2) is 71.1 Å². The largest absolute Gasteiger partial charge is 0.490 e. The molecule has 0 radical (unpaired) electrons. The van der Waals surface area contributed by atoms with E-state index < -0.39 is 0 Å². The highest BCUT2D eigenvalue weighted by Gasteiger charge is 2.21. The highest BCUT2D eigenvalue weighted by atomic mass is 16.5. The highest BCUT2D eigenvalue weighted by Crippen LogP contribution is 2.32. The summed E-state index contributed by atoms with van der Waals surface area (Å²) in [5.74, 6) is 2.32. The lowest BCUT2D eigenvalue weighted by atomic mass is 9.93. The molecule has 0 saturated carbocycles. The van der Waals surface area contributed by atoms with E-state index in [9.17, 15) is 4.79 Å². The fourth-order valence-corrected chi connectivity index (χ4v) is 5.22. The Bertz CT molecular complexity index is 1100. The van der Waals surface area contributed by atoms with E-state index in [1.165, 1.54) is 18.4 Å². The number of para-hydroxylation sites is 1. The third-order valence-electron chi connectivity index (χ3n) is 7.36. The molecule has 5 rings (SSSR count). The van der Waals surface area contributed by atoms with Crippen molar-refractivity contribution in [3.05, 3.63) is 78.1 Å². The van der Waals surface area contributed by atoms with E-state index in [4.69, 9.17) is 9.15 Å². The molecule has 3 aromatic rings. The first-order chi connectivity index (χ1) is 17.7. The minimum absolute atomic E-state index is 0.153. The first kappa shape index (κ1) is 24.6. The van der Waals surface area contributed by atoms with Gasteiger partial charge in [0.15, 0.2) is 5.76 Å². The Labute approximate surface area is 214 Å². The Balaban J connectivity index is 1.08. The van der Waals surface area contributed by atoms with Crippen LogP contribution in [0.3, 0.4) is 0 Å². The molecule has 36 heavy (non-hydrogen) atoms. The molecule has 3 heterocycles. The summed E-state index contributed by atoms with van der Waals surface area (Å²) in [5, 5.41) is 6.42. The van der Waals surface area contributed by atoms with Crippen LogP contribution in [0.4, 0.5) is 0 Å². The van der Waals surface area contributed by atoms with Gasteiger partial charge < -0.3 is 19.8 Å². The van der Waals surface area contributed by atoms with E-state index in [1.807, 2.05) is 30.3 Å². The molecule has 190 valence electrons. The van der Waals surface area contributed by atoms with Crippen molar-refractivity contribution in [1.29, 1.82) is 0 Å². The molecule has 0 atom stereocenters. The van der Waals surface area contributed by atoms with Crippen molar-refractivity contribution in [2.24, 2.45) is 5.92 Å². The number of carbonyl (C=O) groups excluding carboxylic acids is 1. The number of furan rings is 1. The Morgan fingerprint density at radius 2 is 1.69 bits per heavy atom. The van der Waals surface area contributed by atoms with Gasteiger partial charge in [-0.2, -0.15) is 0 Å². The summed E-state index contributed by atoms with van der Waals surface area (Å²) in [6, 6.07) is 22.2. The van der Waals surface area contributed by atoms with Gasteiger partial charge in [-0.3, -0.25) is 9.69 Å². The molecule has 1 aromatic heterocycles. The number of hydrogen-bond donors (Lipinski definition) is 2. The van der Waals surface area contributed by atoms with Crippen LogP contribution in [-0.2, 0) is 6.54 Å². The zero-order valence-corrected chi connectivity index (χ0v) is 21.0. The number of ether oxygens (including phenoxy) is 1. The Kier molecular flexibility index (Phi) is 8.36. The fourth-order valence-electron chi connectivity index (χ4n) is 5.22. The number of likely N-dealkylation sites (tertiary alicyclic amines) is 1. The predicted octanol–water partition coefficient (Wildman–Crippen LogP) is 5.11. The Hall–Kier alpha value is -3.09. The maximum atomic E-state index is 12.7. The second kappa shape index (κ2) is 12.2. The van der Waals surface area contributed by atoms with Gasteiger partial charge in [0, 0.05) is 13.1 Å². The van der Waals surface area contributed by atoms with Gasteiger partial charge in [0.2, 0.25) is 0 Å². The van der Waals surface area contributed by atoms with Crippen LogP contribution in [0.5, 0.6) is 5.75 Å². The second-order valence-electron chi connectivity index (χ2n) is 9.98. The zero-order valence-electron chi connectivity index (χ0n) is 21.0. The van der Waals surface area contributed by atoms with E-state index >= 15 is 0 Å². The zero-order chi connectivity index (χ0) is 24.6. The summed E-state index contributed by atoms with van der Waals surface area (Å²) in [7, 11) is 0. The number of carbonyl (C=O) groups is 1. The summed E-state index contributed by atoms with van der Waals surface area (Å²) < 4.78 is 12.2. The molecule has 1 amide bonds. The third-order valence-corrected chi connectivity index (χ3v) is 7.36. The highest BCUT2D eigenvalue weighted by molar-refractivity contribution is 5.92. The van der Waals surface area contributed by atoms with Crippen molar-refractivity contribution >= 4 is 5.91 Å². The van der Waals surface area contributed by atoms with Gasteiger partial charge in [0.05, 0.1) is 5.56 Å². The van der Waals surface area contributed by atoms with Crippen LogP contribution in [0.2, 0.25) is 0 Å². The number of benzene rings is 2. The molecule has 6 heteroatoms. The quantitative estimate of drug-likeness (QED) is 0.439. The van der Waals surface area contributed by atoms with Gasteiger partial charge in [0.1, 0.15) is 17.6 Å². The third kappa shape index (κ3) is 6.56. The van der Waals surface area contributed by atoms with Gasteiger partial charge in [-0.1, -0.05) is 42.5 Å². The first-order valence-electron chi connectivity index (χ1n) is 13.4. The molecular formula is C30H37N3O3. The van der Waals surface area contributed by atoms with Gasteiger partial charge in [-0.25, -0.2) is 0 Å². The molecule has 2 aromatic carbocycles. The summed E-state index contributed by atoms with van der Waals surface area (Å²) in [6.07, 6.45) is 5.56. The van der Waals surface area contributed by atoms with Crippen molar-refractivity contribution in [2.75, 3.05) is 32.7 Å². The van der Waals surface area contributed by atoms with Crippen molar-refractivity contribution < 1.29 is 13.9 Å². The maximum Gasteiger partial charge on any atom is 0.287 e. The average molecular weight is 488 g/mol. The predicted molar refractivity (Wildman–Crippen MR) is 142 cm³/mol. The molecule has 2 saturated heterocycles. The number of nitrogens with zero attached hydrogens (tertiary/aromatic N) is 1. The molecular weight excluding hydrogens is 450 g/mol. The lowest BCUT2D eigenvalue weighted by Gasteiger charge is -2.32. The monoisotopic (exact) mass is 487 g/mol. The minimum atomic E-state index is -0.153. The minimum Gasteiger partial charge on any atom is -0.490 e. The molecule has 2 aliphatic heterocycles. The molecule has 0 aliphatic carbocycles. The van der Waals surface area contributed by atoms with Crippen molar-refractivity contribution in [3.8, 4) is 17.1 Å². The number of nitrogens with one attached hydrogen (secondary N) is 2. The second-order valence-corrected chi connectivity index (χ2v) is 9.98. The standard InChI is InChI=1S/C30H37N3O3/c34-30(32-19-12-23-15-20-33(21-16-23)22-24-6-2-1-3-7-24)29-11-10-28(36-29)26-8-4-5-9-27(26)35-25-13-17-31-18-14-25/h1-11,23,25,31H,12-22H2,(H,32,34). The number of hydrogen-bond acceptors (Lipinski definition) is 5. The number of rotatable bonds is 9. The van der Waals surface area contributed by atoms with Crippen LogP contribution in [-0.4, -0.2) is 49.6 Å². The van der Waals surface area contributed by atoms with Crippen LogP contribution >= 0.6 is 0 Å². The van der Waals surface area contributed by atoms with Gasteiger partial charge in [-0.05, 0) is 94.0 Å². The molecule has 0 spiro atoms. The van der Waals surface area contributed by atoms with Crippen molar-refractivity contribution in [1.82, 2.24) is 15.5 Å². The van der Waals surface area contributed by atoms with Crippen LogP contribution < -0.4 is 15.4 Å². The SMILES string of the molecule is O=C(NCCC1CCN(Cc2ccccc2)CC1)c1ccc(-c2ccccc2OC2CCNCC2)o1. The summed E-state index contributed by atoms with van der Waals surface area (Å²) in [6.45, 7) is 5.89. The summed E-state index contributed by atoms with van der Waals surface area (Å²) >= 11 is 0. The number of piperidine rings is 2. The van der Waals surface area contributed by atoms with Gasteiger partial charge in [-0.15, -0.1) is 0 Å². The normalized spacial score (nSPS) is 17.7. The smallest absolute Gasteiger partial charge is 0.287 e. The van der Waals surface area contributed by atoms with E-state index in [1.54, 1.807) is 6.07 Å². The van der Waals surface area contributed by atoms with E-state index in [0.29, 0.717) is 24.0 Å². The molecule has 0 bridgehead atoms. The lowest BCUT2D eigenvalue weighted by Crippen LogP contribution is -2.34. The van der Waals surface area contributed by atoms with Crippen LogP contribution in [0, 0.1) is 5.92 Å². The van der Waals surface area contributed by atoms with E-state index in [0.717, 1.165) is 63.3 Å². The Morgan fingerprint density at radius 1 is 0.944 bits per heavy atom. The van der Waals surface area contributed by atoms with Gasteiger partial charge in [0.25, 0.3) is 5.91 Å². The molecule has 6 nitrogen and oxygen atoms in total. The van der Waals surface area contributed by atoms with E-state index in [2.05, 4.69) is 45.9 Å². The molecule has 0 unspecified atom stereocenters. The lowest BCUT2D eigenvalue weighted by molar-refractivity contribution is 0.0920. The maximum absolute atomic E-state index is 12.7. The summed E-state index contributed by atoms with van der Waals surface area (Å²) in [5.41, 5.74) is 2.26. The van der Waals surface area contributed by atoms with Gasteiger partial charge >= 0.3 is 0 Å². The molecule has 2 aliphatic rings. The number of amides is 1. The fraction of sp³-hybridized carbons (Fsp3) is 0.433. The first-order valence-corrected chi connectivity index (χ1v) is 13.4. The Morgan fingerprint density at radius 3 is 2.50 bits per heavy atom. The average Bonchev–Trinajstić information content (AvgIpc) is 3.42. The van der Waals surface area contributed by atoms with E-state index in [-0.39, 0.29) is 12.0 Å². The molecule has 2 N–H and O–H groups in total. The van der Waals surface area contributed by atoms with Crippen molar-refractivity contribution in [3.63, 3.8) is 0 Å². The van der Waals surface area contributed by atoms with Crippen LogP contribution in [0.25, 0.3) is 11.3 Å². The van der Waals surface area contributed by atoms with Crippen molar-refractivity contribution in [2.45, 2.75) is 44.8 Å². The topological polar surface area (TPSA) is 66.7 Å².